The summed E-state index contributed by atoms with van der Waals surface area (Å²) in [5, 5.41) is 6.06. The van der Waals surface area contributed by atoms with E-state index in [1.807, 2.05) is 49.4 Å². The first-order chi connectivity index (χ1) is 14.3. The molecule has 0 fully saturated rings. The second-order valence-electron chi connectivity index (χ2n) is 6.95. The lowest BCUT2D eigenvalue weighted by Crippen LogP contribution is -2.13. The Balaban J connectivity index is 1.93. The van der Waals surface area contributed by atoms with Crippen LogP contribution in [0.2, 0.25) is 5.02 Å². The minimum atomic E-state index is -3.96. The molecule has 4 aromatic rings. The lowest BCUT2D eigenvalue weighted by Gasteiger charge is -2.08. The van der Waals surface area contributed by atoms with Crippen LogP contribution in [0.4, 0.5) is 0 Å². The SMILES string of the molecule is Cc1cc(Cl)ccc1-c1nc(Cc2ccccc2)oc1-c1ccccc1S(N)(=O)=O. The number of nitrogens with zero attached hydrogens (tertiary/aromatic N) is 1. The van der Waals surface area contributed by atoms with Gasteiger partial charge in [-0.05, 0) is 42.3 Å². The average molecular weight is 439 g/mol. The summed E-state index contributed by atoms with van der Waals surface area (Å²) in [4.78, 5) is 4.71. The minimum Gasteiger partial charge on any atom is -0.440 e. The predicted octanol–water partition coefficient (Wildman–Crippen LogP) is 5.21. The Morgan fingerprint density at radius 3 is 2.37 bits per heavy atom. The summed E-state index contributed by atoms with van der Waals surface area (Å²) in [6.07, 6.45) is 0.470. The quantitative estimate of drug-likeness (QED) is 0.463. The summed E-state index contributed by atoms with van der Waals surface area (Å²) in [6, 6.07) is 21.7. The van der Waals surface area contributed by atoms with Gasteiger partial charge in [0.25, 0.3) is 0 Å². The maximum Gasteiger partial charge on any atom is 0.238 e. The van der Waals surface area contributed by atoms with E-state index in [4.69, 9.17) is 26.1 Å². The van der Waals surface area contributed by atoms with Gasteiger partial charge in [0, 0.05) is 22.6 Å². The number of aryl methyl sites for hydroxylation is 1. The topological polar surface area (TPSA) is 86.2 Å². The third-order valence-corrected chi connectivity index (χ3v) is 5.96. The molecule has 152 valence electrons. The number of sulfonamides is 1. The molecule has 0 bridgehead atoms. The Hall–Kier alpha value is -2.93. The largest absolute Gasteiger partial charge is 0.440 e. The van der Waals surface area contributed by atoms with Crippen LogP contribution in [-0.4, -0.2) is 13.4 Å². The highest BCUT2D eigenvalue weighted by Crippen LogP contribution is 2.38. The van der Waals surface area contributed by atoms with Crippen molar-refractivity contribution in [3.8, 4) is 22.6 Å². The molecule has 0 aliphatic carbocycles. The van der Waals surface area contributed by atoms with Gasteiger partial charge in [-0.15, -0.1) is 0 Å². The van der Waals surface area contributed by atoms with Crippen molar-refractivity contribution in [3.05, 3.63) is 94.8 Å². The monoisotopic (exact) mass is 438 g/mol. The molecule has 7 heteroatoms. The number of oxazole rings is 1. The van der Waals surface area contributed by atoms with Gasteiger partial charge >= 0.3 is 0 Å². The fourth-order valence-corrected chi connectivity index (χ4v) is 4.33. The minimum absolute atomic E-state index is 0.0136. The molecular formula is C23H19ClN2O3S. The van der Waals surface area contributed by atoms with Crippen LogP contribution < -0.4 is 5.14 Å². The smallest absolute Gasteiger partial charge is 0.238 e. The maximum absolute atomic E-state index is 12.2. The summed E-state index contributed by atoms with van der Waals surface area (Å²) < 4.78 is 30.5. The zero-order chi connectivity index (χ0) is 21.3. The Bertz CT molecular complexity index is 1320. The van der Waals surface area contributed by atoms with E-state index in [0.29, 0.717) is 34.4 Å². The molecule has 0 saturated carbocycles. The summed E-state index contributed by atoms with van der Waals surface area (Å²) in [5.41, 5.74) is 3.66. The van der Waals surface area contributed by atoms with Gasteiger partial charge in [-0.1, -0.05) is 60.1 Å². The molecule has 0 aliphatic heterocycles. The number of hydrogen-bond donors (Lipinski definition) is 1. The van der Waals surface area contributed by atoms with E-state index in [-0.39, 0.29) is 4.90 Å². The van der Waals surface area contributed by atoms with Crippen LogP contribution in [0.3, 0.4) is 0 Å². The van der Waals surface area contributed by atoms with Gasteiger partial charge in [0.2, 0.25) is 10.0 Å². The molecule has 0 amide bonds. The first kappa shape index (κ1) is 20.3. The second-order valence-corrected chi connectivity index (χ2v) is 8.91. The Kier molecular flexibility index (Phi) is 5.47. The van der Waals surface area contributed by atoms with Gasteiger partial charge < -0.3 is 4.42 Å². The number of aromatic nitrogens is 1. The summed E-state index contributed by atoms with van der Waals surface area (Å²) >= 11 is 6.12. The van der Waals surface area contributed by atoms with Crippen molar-refractivity contribution in [2.45, 2.75) is 18.2 Å². The molecule has 0 aliphatic rings. The van der Waals surface area contributed by atoms with Crippen LogP contribution in [0.1, 0.15) is 17.0 Å². The number of halogens is 1. The fraction of sp³-hybridized carbons (Fsp3) is 0.0870. The summed E-state index contributed by atoms with van der Waals surface area (Å²) in [6.45, 7) is 1.92. The van der Waals surface area contributed by atoms with E-state index >= 15 is 0 Å². The highest BCUT2D eigenvalue weighted by atomic mass is 35.5. The van der Waals surface area contributed by atoms with E-state index in [9.17, 15) is 8.42 Å². The Morgan fingerprint density at radius 1 is 0.967 bits per heavy atom. The van der Waals surface area contributed by atoms with Crippen LogP contribution in [0.15, 0.2) is 82.1 Å². The number of nitrogens with two attached hydrogens (primary N) is 1. The van der Waals surface area contributed by atoms with Crippen molar-refractivity contribution in [2.75, 3.05) is 0 Å². The molecule has 2 N–H and O–H groups in total. The zero-order valence-corrected chi connectivity index (χ0v) is 17.7. The van der Waals surface area contributed by atoms with Gasteiger partial charge in [0.05, 0.1) is 4.90 Å². The standard InChI is InChI=1S/C23H19ClN2O3S/c1-15-13-17(24)11-12-18(15)22-23(19-9-5-6-10-20(19)30(25,27)28)29-21(26-22)14-16-7-3-2-4-8-16/h2-13H,14H2,1H3,(H2,25,27,28). The average Bonchev–Trinajstić information content (AvgIpc) is 3.11. The molecule has 0 atom stereocenters. The van der Waals surface area contributed by atoms with Crippen molar-refractivity contribution in [3.63, 3.8) is 0 Å². The number of benzene rings is 3. The summed E-state index contributed by atoms with van der Waals surface area (Å²) in [7, 11) is -3.96. The Morgan fingerprint density at radius 2 is 1.67 bits per heavy atom. The lowest BCUT2D eigenvalue weighted by molar-refractivity contribution is 0.518. The molecule has 0 radical (unpaired) electrons. The second kappa shape index (κ2) is 8.07. The number of hydrogen-bond acceptors (Lipinski definition) is 4. The molecule has 0 unspecified atom stereocenters. The van der Waals surface area contributed by atoms with Gasteiger partial charge in [-0.25, -0.2) is 18.5 Å². The van der Waals surface area contributed by atoms with Crippen molar-refractivity contribution in [2.24, 2.45) is 5.14 Å². The van der Waals surface area contributed by atoms with E-state index in [0.717, 1.165) is 16.7 Å². The molecule has 4 rings (SSSR count). The zero-order valence-electron chi connectivity index (χ0n) is 16.2. The van der Waals surface area contributed by atoms with E-state index < -0.39 is 10.0 Å². The molecule has 3 aromatic carbocycles. The fourth-order valence-electron chi connectivity index (χ4n) is 3.37. The van der Waals surface area contributed by atoms with Crippen molar-refractivity contribution in [1.29, 1.82) is 0 Å². The normalized spacial score (nSPS) is 11.6. The molecule has 1 heterocycles. The van der Waals surface area contributed by atoms with Crippen LogP contribution in [0.5, 0.6) is 0 Å². The first-order valence-electron chi connectivity index (χ1n) is 9.25. The van der Waals surface area contributed by atoms with Crippen LogP contribution in [0, 0.1) is 6.92 Å². The molecule has 1 aromatic heterocycles. The van der Waals surface area contributed by atoms with Crippen LogP contribution in [-0.2, 0) is 16.4 Å². The first-order valence-corrected chi connectivity index (χ1v) is 11.2. The predicted molar refractivity (Wildman–Crippen MR) is 118 cm³/mol. The van der Waals surface area contributed by atoms with E-state index in [2.05, 4.69) is 0 Å². The van der Waals surface area contributed by atoms with E-state index in [1.165, 1.54) is 6.07 Å². The third-order valence-electron chi connectivity index (χ3n) is 4.75. The summed E-state index contributed by atoms with van der Waals surface area (Å²) in [5.74, 6) is 0.834. The maximum atomic E-state index is 12.2. The van der Waals surface area contributed by atoms with E-state index in [1.54, 1.807) is 24.3 Å². The van der Waals surface area contributed by atoms with Crippen molar-refractivity contribution >= 4 is 21.6 Å². The van der Waals surface area contributed by atoms with Crippen molar-refractivity contribution in [1.82, 2.24) is 4.98 Å². The highest BCUT2D eigenvalue weighted by molar-refractivity contribution is 7.89. The van der Waals surface area contributed by atoms with Crippen LogP contribution >= 0.6 is 11.6 Å². The molecular weight excluding hydrogens is 420 g/mol. The van der Waals surface area contributed by atoms with Crippen LogP contribution in [0.25, 0.3) is 22.6 Å². The highest BCUT2D eigenvalue weighted by Gasteiger charge is 2.24. The molecule has 0 saturated heterocycles. The van der Waals surface area contributed by atoms with Gasteiger partial charge in [0.15, 0.2) is 11.7 Å². The molecule has 5 nitrogen and oxygen atoms in total. The number of primary sulfonamides is 1. The van der Waals surface area contributed by atoms with Gasteiger partial charge in [-0.3, -0.25) is 0 Å². The molecule has 30 heavy (non-hydrogen) atoms. The Labute approximate surface area is 180 Å². The number of rotatable bonds is 5. The van der Waals surface area contributed by atoms with Gasteiger partial charge in [-0.2, -0.15) is 0 Å². The van der Waals surface area contributed by atoms with Crippen molar-refractivity contribution < 1.29 is 12.8 Å². The third kappa shape index (κ3) is 4.16. The van der Waals surface area contributed by atoms with Gasteiger partial charge in [0.1, 0.15) is 5.69 Å². The molecule has 0 spiro atoms. The lowest BCUT2D eigenvalue weighted by atomic mass is 10.0.